The van der Waals surface area contributed by atoms with Crippen LogP contribution in [0, 0.1) is 25.2 Å². The van der Waals surface area contributed by atoms with Crippen molar-refractivity contribution >= 4 is 17.6 Å². The Balaban J connectivity index is 1.24. The number of nitriles is 1. The molecule has 45 heavy (non-hydrogen) atoms. The smallest absolute Gasteiger partial charge is 0.410 e. The molecule has 236 valence electrons. The summed E-state index contributed by atoms with van der Waals surface area (Å²) in [7, 11) is 2.14. The van der Waals surface area contributed by atoms with Gasteiger partial charge in [0.25, 0.3) is 0 Å². The minimum atomic E-state index is -0.391. The van der Waals surface area contributed by atoms with Gasteiger partial charge in [-0.05, 0) is 69.5 Å². The van der Waals surface area contributed by atoms with Crippen LogP contribution < -0.4 is 14.5 Å². The number of likely N-dealkylation sites (N-methyl/N-ethyl adjacent to an activating group) is 1. The highest BCUT2D eigenvalue weighted by Gasteiger charge is 2.35. The van der Waals surface area contributed by atoms with E-state index in [0.29, 0.717) is 44.8 Å². The Hall–Kier alpha value is -4.36. The second kappa shape index (κ2) is 13.7. The number of nitrogens with zero attached hydrogens (tertiary/aromatic N) is 7. The highest BCUT2D eigenvalue weighted by molar-refractivity contribution is 5.69. The highest BCUT2D eigenvalue weighted by atomic mass is 16.6. The molecule has 4 heterocycles. The number of ether oxygens (including phenoxy) is 2. The molecule has 10 nitrogen and oxygen atoms in total. The van der Waals surface area contributed by atoms with Crippen molar-refractivity contribution in [2.75, 3.05) is 56.2 Å². The van der Waals surface area contributed by atoms with Gasteiger partial charge in [-0.1, -0.05) is 42.5 Å². The van der Waals surface area contributed by atoms with Gasteiger partial charge in [0.15, 0.2) is 0 Å². The fourth-order valence-electron chi connectivity index (χ4n) is 6.73. The van der Waals surface area contributed by atoms with E-state index in [0.717, 1.165) is 48.6 Å². The van der Waals surface area contributed by atoms with Crippen LogP contribution in [0.4, 0.5) is 16.3 Å². The maximum atomic E-state index is 13.2. The fourth-order valence-corrected chi connectivity index (χ4v) is 6.73. The fraction of sp³-hybridized carbons (Fsp3) is 0.486. The maximum Gasteiger partial charge on any atom is 0.410 e. The largest absolute Gasteiger partial charge is 0.462 e. The molecule has 1 aromatic heterocycles. The molecule has 3 aromatic rings. The number of rotatable bonds is 8. The van der Waals surface area contributed by atoms with Gasteiger partial charge in [-0.2, -0.15) is 15.2 Å². The molecule has 0 bridgehead atoms. The van der Waals surface area contributed by atoms with Crippen molar-refractivity contribution in [2.45, 2.75) is 64.8 Å². The van der Waals surface area contributed by atoms with E-state index in [-0.39, 0.29) is 19.1 Å². The van der Waals surface area contributed by atoms with Crippen molar-refractivity contribution < 1.29 is 14.3 Å². The van der Waals surface area contributed by atoms with Gasteiger partial charge in [0.05, 0.1) is 30.8 Å². The summed E-state index contributed by atoms with van der Waals surface area (Å²) in [4.78, 5) is 31.8. The minimum absolute atomic E-state index is 0.201. The Morgan fingerprint density at radius 3 is 2.62 bits per heavy atom. The number of aromatic nitrogens is 2. The second-order valence-electron chi connectivity index (χ2n) is 12.4. The van der Waals surface area contributed by atoms with Crippen LogP contribution >= 0.6 is 0 Å². The predicted molar refractivity (Wildman–Crippen MR) is 173 cm³/mol. The van der Waals surface area contributed by atoms with E-state index < -0.39 is 6.09 Å². The first-order chi connectivity index (χ1) is 21.9. The molecule has 3 aliphatic heterocycles. The number of hydrogen-bond donors (Lipinski definition) is 0. The summed E-state index contributed by atoms with van der Waals surface area (Å²) in [6.45, 7) is 9.19. The summed E-state index contributed by atoms with van der Waals surface area (Å²) < 4.78 is 12.0. The molecule has 0 aliphatic carbocycles. The lowest BCUT2D eigenvalue weighted by molar-refractivity contribution is 0.0767. The van der Waals surface area contributed by atoms with Crippen LogP contribution in [0.2, 0.25) is 0 Å². The quantitative estimate of drug-likeness (QED) is 0.354. The Morgan fingerprint density at radius 1 is 1.00 bits per heavy atom. The van der Waals surface area contributed by atoms with Crippen LogP contribution in [-0.4, -0.2) is 84.3 Å². The summed E-state index contributed by atoms with van der Waals surface area (Å²) in [5.74, 6) is 0.857. The lowest BCUT2D eigenvalue weighted by Gasteiger charge is -2.42. The summed E-state index contributed by atoms with van der Waals surface area (Å²) in [5, 5.41) is 9.69. The summed E-state index contributed by atoms with van der Waals surface area (Å²) in [6.07, 6.45) is 2.89. The number of hydrogen-bond acceptors (Lipinski definition) is 9. The number of carbonyl (C=O) groups is 1. The Bertz CT molecular complexity index is 1540. The molecule has 2 fully saturated rings. The lowest BCUT2D eigenvalue weighted by atomic mass is 10.0. The van der Waals surface area contributed by atoms with E-state index in [1.807, 2.05) is 30.3 Å². The Labute approximate surface area is 266 Å². The average molecular weight is 610 g/mol. The molecule has 2 saturated heterocycles. The third kappa shape index (κ3) is 6.84. The van der Waals surface area contributed by atoms with Crippen LogP contribution in [0.5, 0.6) is 6.01 Å². The average Bonchev–Trinajstić information content (AvgIpc) is 3.48. The monoisotopic (exact) mass is 609 g/mol. The normalized spacial score (nSPS) is 20.1. The van der Waals surface area contributed by atoms with Crippen LogP contribution in [0.1, 0.15) is 47.2 Å². The van der Waals surface area contributed by atoms with Crippen molar-refractivity contribution in [1.29, 1.82) is 5.26 Å². The van der Waals surface area contributed by atoms with E-state index in [1.165, 1.54) is 23.2 Å². The Kier molecular flexibility index (Phi) is 9.36. The number of anilines is 2. The molecular formula is C35H43N7O3. The van der Waals surface area contributed by atoms with Gasteiger partial charge in [0, 0.05) is 43.5 Å². The Morgan fingerprint density at radius 2 is 1.84 bits per heavy atom. The number of amides is 1. The van der Waals surface area contributed by atoms with Crippen LogP contribution in [0.3, 0.4) is 0 Å². The zero-order valence-electron chi connectivity index (χ0n) is 26.6. The van der Waals surface area contributed by atoms with E-state index in [1.54, 1.807) is 4.90 Å². The number of likely N-dealkylation sites (tertiary alicyclic amines) is 1. The lowest BCUT2D eigenvalue weighted by Crippen LogP contribution is -2.55. The van der Waals surface area contributed by atoms with Crippen molar-refractivity contribution in [3.8, 4) is 12.1 Å². The molecule has 2 aromatic carbocycles. The molecule has 0 spiro atoms. The second-order valence-corrected chi connectivity index (χ2v) is 12.4. The van der Waals surface area contributed by atoms with Crippen LogP contribution in [-0.2, 0) is 24.3 Å². The number of piperazine rings is 1. The van der Waals surface area contributed by atoms with Gasteiger partial charge in [-0.15, -0.1) is 0 Å². The molecule has 0 N–H and O–H groups in total. The maximum absolute atomic E-state index is 13.2. The van der Waals surface area contributed by atoms with E-state index in [9.17, 15) is 10.1 Å². The van der Waals surface area contributed by atoms with Gasteiger partial charge in [0.2, 0.25) is 0 Å². The molecular weight excluding hydrogens is 566 g/mol. The number of fused-ring (bicyclic) bond motifs is 1. The summed E-state index contributed by atoms with van der Waals surface area (Å²) in [6, 6.07) is 18.8. The van der Waals surface area contributed by atoms with Crippen molar-refractivity contribution in [3.05, 3.63) is 76.5 Å². The molecule has 0 radical (unpaired) electrons. The van der Waals surface area contributed by atoms with Crippen LogP contribution in [0.15, 0.2) is 48.5 Å². The standard InChI is InChI=1S/C35H43N7O3/c1-25-9-7-13-32(26(25)2)40-18-15-30-31(22-40)37-34(44-24-29-12-8-17-39(29)3)38-33(30)41-19-20-42(28(21-41)14-16-36)35(43)45-23-27-10-5-4-6-11-27/h4-7,9-11,13,28-29H,8,12,14-15,17-24H2,1-3H3. The summed E-state index contributed by atoms with van der Waals surface area (Å²) in [5.41, 5.74) is 6.81. The third-order valence-electron chi connectivity index (χ3n) is 9.56. The van der Waals surface area contributed by atoms with Gasteiger partial charge < -0.3 is 29.1 Å². The van der Waals surface area contributed by atoms with Crippen LogP contribution in [0.25, 0.3) is 0 Å². The number of benzene rings is 2. The molecule has 2 unspecified atom stereocenters. The molecule has 3 aliphatic rings. The first kappa shape index (κ1) is 30.7. The highest BCUT2D eigenvalue weighted by Crippen LogP contribution is 2.34. The zero-order chi connectivity index (χ0) is 31.3. The topological polar surface area (TPSA) is 98.1 Å². The number of aryl methyl sites for hydroxylation is 1. The molecule has 10 heteroatoms. The molecule has 0 saturated carbocycles. The zero-order valence-corrected chi connectivity index (χ0v) is 26.6. The number of carbonyl (C=O) groups excluding carboxylic acids is 1. The van der Waals surface area contributed by atoms with Crippen molar-refractivity contribution in [1.82, 2.24) is 19.8 Å². The SMILES string of the molecule is Cc1cccc(N2CCc3c(nc(OCC4CCCN4C)nc3N3CCN(C(=O)OCc4ccccc4)C(CC#N)C3)C2)c1C. The van der Waals surface area contributed by atoms with Crippen molar-refractivity contribution in [2.24, 2.45) is 0 Å². The first-order valence-corrected chi connectivity index (χ1v) is 16.0. The first-order valence-electron chi connectivity index (χ1n) is 16.0. The summed E-state index contributed by atoms with van der Waals surface area (Å²) >= 11 is 0. The van der Waals surface area contributed by atoms with Gasteiger partial charge in [-0.3, -0.25) is 0 Å². The third-order valence-corrected chi connectivity index (χ3v) is 9.56. The molecule has 1 amide bonds. The predicted octanol–water partition coefficient (Wildman–Crippen LogP) is 4.87. The van der Waals surface area contributed by atoms with Gasteiger partial charge in [-0.25, -0.2) is 4.79 Å². The minimum Gasteiger partial charge on any atom is -0.462 e. The van der Waals surface area contributed by atoms with E-state index in [4.69, 9.17) is 19.4 Å². The molecule has 2 atom stereocenters. The van der Waals surface area contributed by atoms with Crippen molar-refractivity contribution in [3.63, 3.8) is 0 Å². The van der Waals surface area contributed by atoms with Gasteiger partial charge >= 0.3 is 12.1 Å². The van der Waals surface area contributed by atoms with E-state index in [2.05, 4.69) is 59.9 Å². The van der Waals surface area contributed by atoms with Gasteiger partial charge in [0.1, 0.15) is 19.0 Å². The molecule has 6 rings (SSSR count). The van der Waals surface area contributed by atoms with E-state index >= 15 is 0 Å².